The van der Waals surface area contributed by atoms with E-state index in [0.717, 1.165) is 42.4 Å². The fourth-order valence-electron chi connectivity index (χ4n) is 2.42. The van der Waals surface area contributed by atoms with Crippen LogP contribution in [0.5, 0.6) is 5.75 Å². The summed E-state index contributed by atoms with van der Waals surface area (Å²) >= 11 is 6.25. The molecule has 100 valence electrons. The van der Waals surface area contributed by atoms with Crippen molar-refractivity contribution < 1.29 is 4.74 Å². The van der Waals surface area contributed by atoms with Crippen molar-refractivity contribution in [2.24, 2.45) is 11.7 Å². The first-order chi connectivity index (χ1) is 8.61. The van der Waals surface area contributed by atoms with E-state index in [-0.39, 0.29) is 6.04 Å². The molecule has 1 aromatic rings. The third kappa shape index (κ3) is 2.97. The van der Waals surface area contributed by atoms with Crippen LogP contribution in [0.4, 0.5) is 0 Å². The van der Waals surface area contributed by atoms with Gasteiger partial charge in [0.15, 0.2) is 0 Å². The molecule has 0 spiro atoms. The maximum atomic E-state index is 6.25. The minimum Gasteiger partial charge on any atom is -0.496 e. The average Bonchev–Trinajstić information content (AvgIpc) is 2.36. The Kier molecular flexibility index (Phi) is 4.49. The van der Waals surface area contributed by atoms with Gasteiger partial charge < -0.3 is 10.5 Å². The van der Waals surface area contributed by atoms with Gasteiger partial charge in [-0.1, -0.05) is 24.6 Å². The molecule has 1 aromatic carbocycles. The third-order valence-electron chi connectivity index (χ3n) is 3.78. The van der Waals surface area contributed by atoms with Crippen LogP contribution in [0.15, 0.2) is 18.2 Å². The molecule has 1 fully saturated rings. The van der Waals surface area contributed by atoms with Gasteiger partial charge in [-0.25, -0.2) is 0 Å². The molecule has 0 aromatic heterocycles. The van der Waals surface area contributed by atoms with Crippen LogP contribution in [0.1, 0.15) is 18.9 Å². The second-order valence-electron chi connectivity index (χ2n) is 5.09. The molecule has 2 rings (SSSR count). The SMILES string of the molecule is COc1cccc(Cl)c1CN1CCC(C)C(N)C1. The van der Waals surface area contributed by atoms with E-state index in [1.165, 1.54) is 0 Å². The summed E-state index contributed by atoms with van der Waals surface area (Å²) in [6.07, 6.45) is 1.15. The lowest BCUT2D eigenvalue weighted by atomic mass is 9.94. The molecule has 18 heavy (non-hydrogen) atoms. The number of hydrogen-bond acceptors (Lipinski definition) is 3. The van der Waals surface area contributed by atoms with Crippen molar-refractivity contribution in [3.63, 3.8) is 0 Å². The minimum atomic E-state index is 0.257. The first-order valence-corrected chi connectivity index (χ1v) is 6.79. The van der Waals surface area contributed by atoms with Crippen LogP contribution in [-0.2, 0) is 6.54 Å². The number of ether oxygens (including phenoxy) is 1. The molecular weight excluding hydrogens is 248 g/mol. The molecule has 1 saturated heterocycles. The topological polar surface area (TPSA) is 38.5 Å². The predicted octanol–water partition coefficient (Wildman–Crippen LogP) is 2.52. The van der Waals surface area contributed by atoms with E-state index in [4.69, 9.17) is 22.1 Å². The quantitative estimate of drug-likeness (QED) is 0.916. The zero-order chi connectivity index (χ0) is 13.1. The second kappa shape index (κ2) is 5.91. The van der Waals surface area contributed by atoms with Gasteiger partial charge in [-0.15, -0.1) is 0 Å². The molecule has 1 aliphatic rings. The monoisotopic (exact) mass is 268 g/mol. The normalized spacial score (nSPS) is 25.1. The largest absolute Gasteiger partial charge is 0.496 e. The second-order valence-corrected chi connectivity index (χ2v) is 5.49. The summed E-state index contributed by atoms with van der Waals surface area (Å²) in [4.78, 5) is 2.36. The summed E-state index contributed by atoms with van der Waals surface area (Å²) in [7, 11) is 1.68. The molecule has 4 heteroatoms. The van der Waals surface area contributed by atoms with Crippen molar-refractivity contribution >= 4 is 11.6 Å². The lowest BCUT2D eigenvalue weighted by Crippen LogP contribution is -2.47. The van der Waals surface area contributed by atoms with Crippen molar-refractivity contribution in [1.29, 1.82) is 0 Å². The molecule has 0 aliphatic carbocycles. The molecule has 0 saturated carbocycles. The van der Waals surface area contributed by atoms with E-state index in [1.807, 2.05) is 18.2 Å². The van der Waals surface area contributed by atoms with Crippen molar-refractivity contribution in [2.75, 3.05) is 20.2 Å². The summed E-state index contributed by atoms with van der Waals surface area (Å²) in [6, 6.07) is 6.03. The first-order valence-electron chi connectivity index (χ1n) is 6.41. The zero-order valence-electron chi connectivity index (χ0n) is 11.0. The minimum absolute atomic E-state index is 0.257. The molecule has 0 radical (unpaired) electrons. The van der Waals surface area contributed by atoms with Gasteiger partial charge in [0.1, 0.15) is 5.75 Å². The summed E-state index contributed by atoms with van der Waals surface area (Å²) in [6.45, 7) is 5.03. The zero-order valence-corrected chi connectivity index (χ0v) is 11.8. The van der Waals surface area contributed by atoms with Gasteiger partial charge >= 0.3 is 0 Å². The van der Waals surface area contributed by atoms with Gasteiger partial charge in [-0.05, 0) is 31.0 Å². The van der Waals surface area contributed by atoms with Crippen molar-refractivity contribution in [3.8, 4) is 5.75 Å². The smallest absolute Gasteiger partial charge is 0.124 e. The fourth-order valence-corrected chi connectivity index (χ4v) is 2.65. The summed E-state index contributed by atoms with van der Waals surface area (Å²) < 4.78 is 5.37. The first kappa shape index (κ1) is 13.7. The van der Waals surface area contributed by atoms with Gasteiger partial charge in [0.05, 0.1) is 7.11 Å². The van der Waals surface area contributed by atoms with Gasteiger partial charge in [-0.2, -0.15) is 0 Å². The molecule has 0 amide bonds. The summed E-state index contributed by atoms with van der Waals surface area (Å²) in [5, 5.41) is 0.765. The van der Waals surface area contributed by atoms with Crippen molar-refractivity contribution in [2.45, 2.75) is 25.9 Å². The molecule has 2 atom stereocenters. The number of hydrogen-bond donors (Lipinski definition) is 1. The Morgan fingerprint density at radius 3 is 2.94 bits per heavy atom. The lowest BCUT2D eigenvalue weighted by Gasteiger charge is -2.35. The van der Waals surface area contributed by atoms with E-state index in [9.17, 15) is 0 Å². The Balaban J connectivity index is 2.10. The average molecular weight is 269 g/mol. The number of benzene rings is 1. The van der Waals surface area contributed by atoms with Crippen LogP contribution in [0, 0.1) is 5.92 Å². The number of piperidine rings is 1. The third-order valence-corrected chi connectivity index (χ3v) is 4.13. The Morgan fingerprint density at radius 2 is 2.28 bits per heavy atom. The molecule has 2 unspecified atom stereocenters. The Bertz CT molecular complexity index is 411. The Hall–Kier alpha value is -0.770. The fraction of sp³-hybridized carbons (Fsp3) is 0.571. The van der Waals surface area contributed by atoms with Crippen LogP contribution in [0.2, 0.25) is 5.02 Å². The standard InChI is InChI=1S/C14H21ClN2O/c1-10-6-7-17(9-13(10)16)8-11-12(15)4-3-5-14(11)18-2/h3-5,10,13H,6-9,16H2,1-2H3. The predicted molar refractivity (Wildman–Crippen MR) is 75.0 cm³/mol. The van der Waals surface area contributed by atoms with Gasteiger partial charge in [0.2, 0.25) is 0 Å². The van der Waals surface area contributed by atoms with E-state index in [2.05, 4.69) is 11.8 Å². The maximum Gasteiger partial charge on any atom is 0.124 e. The number of methoxy groups -OCH3 is 1. The molecule has 1 heterocycles. The maximum absolute atomic E-state index is 6.25. The highest BCUT2D eigenvalue weighted by atomic mass is 35.5. The number of likely N-dealkylation sites (tertiary alicyclic amines) is 1. The summed E-state index contributed by atoms with van der Waals surface area (Å²) in [5.74, 6) is 1.46. The van der Waals surface area contributed by atoms with Crippen LogP contribution in [0.25, 0.3) is 0 Å². The molecule has 2 N–H and O–H groups in total. The molecule has 0 bridgehead atoms. The van der Waals surface area contributed by atoms with E-state index >= 15 is 0 Å². The number of rotatable bonds is 3. The van der Waals surface area contributed by atoms with E-state index < -0.39 is 0 Å². The van der Waals surface area contributed by atoms with E-state index in [0.29, 0.717) is 5.92 Å². The van der Waals surface area contributed by atoms with Crippen molar-refractivity contribution in [3.05, 3.63) is 28.8 Å². The van der Waals surface area contributed by atoms with Gasteiger partial charge in [-0.3, -0.25) is 4.90 Å². The van der Waals surface area contributed by atoms with Crippen molar-refractivity contribution in [1.82, 2.24) is 4.90 Å². The lowest BCUT2D eigenvalue weighted by molar-refractivity contribution is 0.161. The highest BCUT2D eigenvalue weighted by Crippen LogP contribution is 2.28. The van der Waals surface area contributed by atoms with Gasteiger partial charge in [0.25, 0.3) is 0 Å². The summed E-state index contributed by atoms with van der Waals surface area (Å²) in [5.41, 5.74) is 7.18. The number of nitrogens with two attached hydrogens (primary N) is 1. The molecule has 3 nitrogen and oxygen atoms in total. The van der Waals surface area contributed by atoms with Crippen LogP contribution in [-0.4, -0.2) is 31.1 Å². The number of nitrogens with zero attached hydrogens (tertiary/aromatic N) is 1. The van der Waals surface area contributed by atoms with E-state index in [1.54, 1.807) is 7.11 Å². The van der Waals surface area contributed by atoms with Gasteiger partial charge in [0, 0.05) is 29.7 Å². The highest BCUT2D eigenvalue weighted by Gasteiger charge is 2.24. The Labute approximate surface area is 114 Å². The molecular formula is C14H21ClN2O. The Morgan fingerprint density at radius 1 is 1.50 bits per heavy atom. The molecule has 1 aliphatic heterocycles. The van der Waals surface area contributed by atoms with Crippen LogP contribution >= 0.6 is 11.6 Å². The highest BCUT2D eigenvalue weighted by molar-refractivity contribution is 6.31. The van der Waals surface area contributed by atoms with Crippen LogP contribution < -0.4 is 10.5 Å². The number of halogens is 1. The van der Waals surface area contributed by atoms with Crippen LogP contribution in [0.3, 0.4) is 0 Å².